The van der Waals surface area contributed by atoms with Crippen LogP contribution in [0.5, 0.6) is 5.75 Å². The summed E-state index contributed by atoms with van der Waals surface area (Å²) >= 11 is 6.05. The summed E-state index contributed by atoms with van der Waals surface area (Å²) in [6.45, 7) is 5.70. The first-order valence-corrected chi connectivity index (χ1v) is 6.43. The van der Waals surface area contributed by atoms with E-state index < -0.39 is 6.09 Å². The number of amides is 1. The summed E-state index contributed by atoms with van der Waals surface area (Å²) < 4.78 is 5.14. The van der Waals surface area contributed by atoms with E-state index in [1.165, 1.54) is 0 Å². The molecule has 0 unspecified atom stereocenters. The maximum atomic E-state index is 11.8. The van der Waals surface area contributed by atoms with Crippen LogP contribution in [0.15, 0.2) is 55.1 Å². The minimum atomic E-state index is -0.550. The molecule has 0 aliphatic carbocycles. The zero-order chi connectivity index (χ0) is 14.5. The molecule has 0 fully saturated rings. The Kier molecular flexibility index (Phi) is 4.43. The van der Waals surface area contributed by atoms with Gasteiger partial charge in [0.15, 0.2) is 0 Å². The van der Waals surface area contributed by atoms with Crippen LogP contribution in [-0.4, -0.2) is 6.09 Å². The van der Waals surface area contributed by atoms with E-state index in [0.29, 0.717) is 16.5 Å². The lowest BCUT2D eigenvalue weighted by molar-refractivity contribution is 0.215. The van der Waals surface area contributed by atoms with Crippen LogP contribution in [0, 0.1) is 0 Å². The van der Waals surface area contributed by atoms with E-state index in [1.807, 2.05) is 13.0 Å². The molecule has 3 nitrogen and oxygen atoms in total. The number of hydrogen-bond acceptors (Lipinski definition) is 2. The monoisotopic (exact) mass is 287 g/mol. The third kappa shape index (κ3) is 3.62. The Hall–Kier alpha value is -2.26. The number of anilines is 1. The molecule has 0 spiro atoms. The molecule has 2 aromatic rings. The average Bonchev–Trinajstić information content (AvgIpc) is 2.41. The molecular formula is C16H14ClNO2. The van der Waals surface area contributed by atoms with Crippen LogP contribution in [-0.2, 0) is 0 Å². The normalized spacial score (nSPS) is 9.90. The number of rotatable bonds is 3. The molecule has 4 heteroatoms. The van der Waals surface area contributed by atoms with Gasteiger partial charge in [-0.05, 0) is 48.4 Å². The maximum absolute atomic E-state index is 11.8. The van der Waals surface area contributed by atoms with Gasteiger partial charge in [-0.25, -0.2) is 4.79 Å². The number of carbonyl (C=O) groups is 1. The van der Waals surface area contributed by atoms with Crippen molar-refractivity contribution in [2.45, 2.75) is 6.92 Å². The van der Waals surface area contributed by atoms with Crippen molar-refractivity contribution in [1.82, 2.24) is 0 Å². The van der Waals surface area contributed by atoms with E-state index in [1.54, 1.807) is 42.5 Å². The van der Waals surface area contributed by atoms with E-state index in [4.69, 9.17) is 16.3 Å². The SMILES string of the molecule is C=C(C)c1cc(NC(=O)Oc2ccccc2)ccc1Cl. The lowest BCUT2D eigenvalue weighted by Gasteiger charge is -2.09. The summed E-state index contributed by atoms with van der Waals surface area (Å²) in [6, 6.07) is 14.0. The first-order chi connectivity index (χ1) is 9.56. The number of ether oxygens (including phenoxy) is 1. The first-order valence-electron chi connectivity index (χ1n) is 6.05. The molecule has 0 bridgehead atoms. The molecule has 0 atom stereocenters. The highest BCUT2D eigenvalue weighted by Crippen LogP contribution is 2.26. The lowest BCUT2D eigenvalue weighted by Crippen LogP contribution is -2.16. The molecule has 0 saturated heterocycles. The van der Waals surface area contributed by atoms with Crippen LogP contribution in [0.1, 0.15) is 12.5 Å². The highest BCUT2D eigenvalue weighted by molar-refractivity contribution is 6.32. The molecule has 0 saturated carbocycles. The van der Waals surface area contributed by atoms with Crippen LogP contribution in [0.4, 0.5) is 10.5 Å². The van der Waals surface area contributed by atoms with Crippen molar-refractivity contribution in [2.24, 2.45) is 0 Å². The molecule has 1 amide bonds. The van der Waals surface area contributed by atoms with Crippen molar-refractivity contribution in [1.29, 1.82) is 0 Å². The van der Waals surface area contributed by atoms with Gasteiger partial charge in [0, 0.05) is 10.7 Å². The Balaban J connectivity index is 2.08. The summed E-state index contributed by atoms with van der Waals surface area (Å²) in [4.78, 5) is 11.8. The molecule has 0 aliphatic heterocycles. The molecule has 1 N–H and O–H groups in total. The van der Waals surface area contributed by atoms with Crippen molar-refractivity contribution in [3.8, 4) is 5.75 Å². The highest BCUT2D eigenvalue weighted by Gasteiger charge is 2.07. The molecule has 20 heavy (non-hydrogen) atoms. The second kappa shape index (κ2) is 6.26. The number of carbonyl (C=O) groups excluding carboxylic acids is 1. The van der Waals surface area contributed by atoms with Crippen LogP contribution in [0.3, 0.4) is 0 Å². The molecular weight excluding hydrogens is 274 g/mol. The standard InChI is InChI=1S/C16H14ClNO2/c1-11(2)14-10-12(8-9-15(14)17)18-16(19)20-13-6-4-3-5-7-13/h3-10H,1H2,2H3,(H,18,19). The van der Waals surface area contributed by atoms with Gasteiger partial charge in [0.25, 0.3) is 0 Å². The molecule has 2 rings (SSSR count). The van der Waals surface area contributed by atoms with E-state index in [2.05, 4.69) is 11.9 Å². The smallest absolute Gasteiger partial charge is 0.410 e. The van der Waals surface area contributed by atoms with E-state index in [0.717, 1.165) is 11.1 Å². The Morgan fingerprint density at radius 3 is 2.55 bits per heavy atom. The Morgan fingerprint density at radius 1 is 1.20 bits per heavy atom. The summed E-state index contributed by atoms with van der Waals surface area (Å²) in [7, 11) is 0. The van der Waals surface area contributed by atoms with Gasteiger partial charge in [0.2, 0.25) is 0 Å². The van der Waals surface area contributed by atoms with E-state index in [-0.39, 0.29) is 0 Å². The number of para-hydroxylation sites is 1. The number of benzene rings is 2. The number of allylic oxidation sites excluding steroid dienone is 1. The van der Waals surface area contributed by atoms with Gasteiger partial charge in [-0.1, -0.05) is 36.4 Å². The largest absolute Gasteiger partial charge is 0.417 e. The maximum Gasteiger partial charge on any atom is 0.417 e. The molecule has 0 heterocycles. The van der Waals surface area contributed by atoms with Gasteiger partial charge in [-0.3, -0.25) is 5.32 Å². The predicted molar refractivity (Wildman–Crippen MR) is 82.2 cm³/mol. The Labute approximate surface area is 122 Å². The minimum Gasteiger partial charge on any atom is -0.410 e. The predicted octanol–water partition coefficient (Wildman–Crippen LogP) is 4.98. The van der Waals surface area contributed by atoms with Gasteiger partial charge in [0.1, 0.15) is 5.75 Å². The molecule has 102 valence electrons. The molecule has 0 radical (unpaired) electrons. The lowest BCUT2D eigenvalue weighted by atomic mass is 10.1. The van der Waals surface area contributed by atoms with Gasteiger partial charge in [-0.2, -0.15) is 0 Å². The van der Waals surface area contributed by atoms with Gasteiger partial charge in [-0.15, -0.1) is 0 Å². The third-order valence-electron chi connectivity index (χ3n) is 2.63. The minimum absolute atomic E-state index is 0.485. The van der Waals surface area contributed by atoms with Crippen molar-refractivity contribution < 1.29 is 9.53 Å². The van der Waals surface area contributed by atoms with E-state index >= 15 is 0 Å². The van der Waals surface area contributed by atoms with Gasteiger partial charge in [0.05, 0.1) is 0 Å². The van der Waals surface area contributed by atoms with Gasteiger partial charge < -0.3 is 4.74 Å². The van der Waals surface area contributed by atoms with Crippen LogP contribution in [0.2, 0.25) is 5.02 Å². The topological polar surface area (TPSA) is 38.3 Å². The molecule has 2 aromatic carbocycles. The van der Waals surface area contributed by atoms with Crippen molar-refractivity contribution in [2.75, 3.05) is 5.32 Å². The summed E-state index contributed by atoms with van der Waals surface area (Å²) in [5, 5.41) is 3.25. The molecule has 0 aliphatic rings. The van der Waals surface area contributed by atoms with Crippen LogP contribution in [0.25, 0.3) is 5.57 Å². The van der Waals surface area contributed by atoms with Crippen LogP contribution < -0.4 is 10.1 Å². The fourth-order valence-electron chi connectivity index (χ4n) is 1.67. The number of nitrogens with one attached hydrogen (secondary N) is 1. The zero-order valence-electron chi connectivity index (χ0n) is 11.0. The zero-order valence-corrected chi connectivity index (χ0v) is 11.8. The Bertz CT molecular complexity index is 638. The number of halogens is 1. The van der Waals surface area contributed by atoms with Gasteiger partial charge >= 0.3 is 6.09 Å². The highest BCUT2D eigenvalue weighted by atomic mass is 35.5. The quantitative estimate of drug-likeness (QED) is 0.864. The van der Waals surface area contributed by atoms with Crippen molar-refractivity contribution >= 4 is 29.0 Å². The second-order valence-corrected chi connectivity index (χ2v) is 4.71. The fraction of sp³-hybridized carbons (Fsp3) is 0.0625. The molecule has 0 aromatic heterocycles. The fourth-order valence-corrected chi connectivity index (χ4v) is 1.95. The summed E-state index contributed by atoms with van der Waals surface area (Å²) in [5.74, 6) is 0.485. The summed E-state index contributed by atoms with van der Waals surface area (Å²) in [5.41, 5.74) is 2.23. The van der Waals surface area contributed by atoms with Crippen molar-refractivity contribution in [3.05, 3.63) is 65.7 Å². The van der Waals surface area contributed by atoms with E-state index in [9.17, 15) is 4.79 Å². The first kappa shape index (κ1) is 14.2. The third-order valence-corrected chi connectivity index (χ3v) is 2.96. The van der Waals surface area contributed by atoms with Crippen LogP contribution >= 0.6 is 11.6 Å². The number of hydrogen-bond donors (Lipinski definition) is 1. The average molecular weight is 288 g/mol. The van der Waals surface area contributed by atoms with Crippen molar-refractivity contribution in [3.63, 3.8) is 0 Å². The Morgan fingerprint density at radius 2 is 1.90 bits per heavy atom. The summed E-state index contributed by atoms with van der Waals surface area (Å²) in [6.07, 6.45) is -0.550. The second-order valence-electron chi connectivity index (χ2n) is 4.30.